The van der Waals surface area contributed by atoms with E-state index in [2.05, 4.69) is 6.07 Å². The molecule has 41 heavy (non-hydrogen) atoms. The molecule has 0 saturated carbocycles. The topological polar surface area (TPSA) is 69.3 Å². The number of carbonyl (C=O) groups is 2. The summed E-state index contributed by atoms with van der Waals surface area (Å²) >= 11 is 0. The Morgan fingerprint density at radius 1 is 0.854 bits per heavy atom. The van der Waals surface area contributed by atoms with Crippen molar-refractivity contribution >= 4 is 28.9 Å². The van der Waals surface area contributed by atoms with E-state index in [9.17, 15) is 19.2 Å². The number of rotatable bonds is 4. The van der Waals surface area contributed by atoms with E-state index < -0.39 is 17.1 Å². The summed E-state index contributed by atoms with van der Waals surface area (Å²) in [6.07, 6.45) is 5.16. The lowest BCUT2D eigenvalue weighted by Crippen LogP contribution is -2.51. The minimum Gasteiger partial charge on any atom is -0.309 e. The van der Waals surface area contributed by atoms with Crippen LogP contribution in [-0.2, 0) is 21.5 Å². The molecule has 1 amide bonds. The van der Waals surface area contributed by atoms with Crippen LogP contribution in [0.5, 0.6) is 0 Å². The molecule has 200 valence electrons. The molecule has 7 rings (SSSR count). The van der Waals surface area contributed by atoms with E-state index in [1.165, 1.54) is 11.0 Å². The fraction of sp³-hybridized carbons (Fsp3) is 0.147. The number of Topliss-reactive ketones (excluding diaryl/α,β-unsaturated/α-hetero) is 1. The smallest absolute Gasteiger partial charge is 0.248 e. The normalized spacial score (nSPS) is 20.0. The second kappa shape index (κ2) is 9.46. The summed E-state index contributed by atoms with van der Waals surface area (Å²) in [7, 11) is 0. The Labute approximate surface area is 236 Å². The van der Waals surface area contributed by atoms with Crippen LogP contribution < -0.4 is 9.80 Å². The molecule has 2 aliphatic heterocycles. The van der Waals surface area contributed by atoms with Crippen molar-refractivity contribution < 1.29 is 14.0 Å². The molecule has 6 nitrogen and oxygen atoms in total. The number of hydrogen-bond acceptors (Lipinski definition) is 4. The van der Waals surface area contributed by atoms with Crippen LogP contribution in [0.25, 0.3) is 5.82 Å². The van der Waals surface area contributed by atoms with Crippen LogP contribution in [0.2, 0.25) is 0 Å². The molecule has 0 fully saturated rings. The number of aromatic nitrogens is 1. The van der Waals surface area contributed by atoms with E-state index >= 15 is 0 Å². The van der Waals surface area contributed by atoms with Crippen LogP contribution in [0.1, 0.15) is 30.4 Å². The summed E-state index contributed by atoms with van der Waals surface area (Å²) in [5.41, 5.74) is 1.85. The van der Waals surface area contributed by atoms with Crippen molar-refractivity contribution in [3.05, 3.63) is 137 Å². The van der Waals surface area contributed by atoms with Crippen LogP contribution in [0.3, 0.4) is 0 Å². The molecule has 1 aliphatic carbocycles. The highest BCUT2D eigenvalue weighted by molar-refractivity contribution is 6.22. The van der Waals surface area contributed by atoms with Crippen molar-refractivity contribution in [1.82, 2.24) is 4.57 Å². The lowest BCUT2D eigenvalue weighted by molar-refractivity contribution is -0.124. The van der Waals surface area contributed by atoms with Crippen molar-refractivity contribution in [3.63, 3.8) is 0 Å². The minimum absolute atomic E-state index is 0.0268. The quantitative estimate of drug-likeness (QED) is 0.303. The third-order valence-electron chi connectivity index (χ3n) is 8.27. The Morgan fingerprint density at radius 2 is 1.56 bits per heavy atom. The molecule has 1 atom stereocenters. The van der Waals surface area contributed by atoms with Gasteiger partial charge in [-0.05, 0) is 49.2 Å². The molecular formula is C34H25FN4O2. The number of carbonyl (C=O) groups excluding carboxylic acids is 2. The predicted octanol–water partition coefficient (Wildman–Crippen LogP) is 6.33. The van der Waals surface area contributed by atoms with E-state index in [4.69, 9.17) is 0 Å². The van der Waals surface area contributed by atoms with Gasteiger partial charge < -0.3 is 9.47 Å². The summed E-state index contributed by atoms with van der Waals surface area (Å²) in [5.74, 6) is -0.482. The zero-order chi connectivity index (χ0) is 28.1. The van der Waals surface area contributed by atoms with Gasteiger partial charge in [0.1, 0.15) is 23.1 Å². The molecule has 0 unspecified atom stereocenters. The zero-order valence-electron chi connectivity index (χ0n) is 22.1. The number of ketones is 1. The molecule has 3 aromatic carbocycles. The number of nitrogens with zero attached hydrogens (tertiary/aromatic N) is 4. The first-order chi connectivity index (χ1) is 20.1. The number of benzene rings is 3. The second-order valence-corrected chi connectivity index (χ2v) is 10.4. The summed E-state index contributed by atoms with van der Waals surface area (Å²) in [6.45, 7) is -0.0268. The van der Waals surface area contributed by atoms with Crippen molar-refractivity contribution in [2.45, 2.75) is 31.2 Å². The predicted molar refractivity (Wildman–Crippen MR) is 154 cm³/mol. The Kier molecular flexibility index (Phi) is 5.72. The first-order valence-corrected chi connectivity index (χ1v) is 13.6. The molecule has 3 heterocycles. The summed E-state index contributed by atoms with van der Waals surface area (Å²) in [6, 6.07) is 29.4. The van der Waals surface area contributed by atoms with Gasteiger partial charge in [-0.15, -0.1) is 0 Å². The van der Waals surface area contributed by atoms with Gasteiger partial charge in [0.05, 0.1) is 12.1 Å². The second-order valence-electron chi connectivity index (χ2n) is 10.4. The number of para-hydroxylation sites is 2. The van der Waals surface area contributed by atoms with Gasteiger partial charge in [0.15, 0.2) is 5.78 Å². The Morgan fingerprint density at radius 3 is 2.32 bits per heavy atom. The Hall–Kier alpha value is -5.22. The van der Waals surface area contributed by atoms with Crippen molar-refractivity contribution in [1.29, 1.82) is 5.26 Å². The molecule has 3 aliphatic rings. The van der Waals surface area contributed by atoms with E-state index in [-0.39, 0.29) is 24.3 Å². The van der Waals surface area contributed by atoms with Crippen LogP contribution in [0.15, 0.2) is 120 Å². The van der Waals surface area contributed by atoms with E-state index in [1.807, 2.05) is 88.6 Å². The fourth-order valence-electron chi connectivity index (χ4n) is 6.61. The van der Waals surface area contributed by atoms with Gasteiger partial charge in [-0.1, -0.05) is 54.6 Å². The van der Waals surface area contributed by atoms with Crippen LogP contribution in [0, 0.1) is 17.1 Å². The molecule has 1 spiro atoms. The summed E-state index contributed by atoms with van der Waals surface area (Å²) in [4.78, 5) is 32.5. The largest absolute Gasteiger partial charge is 0.309 e. The minimum atomic E-state index is -1.66. The number of hydrogen-bond donors (Lipinski definition) is 0. The molecule has 4 aromatic rings. The zero-order valence-corrected chi connectivity index (χ0v) is 22.1. The van der Waals surface area contributed by atoms with E-state index in [0.717, 1.165) is 5.69 Å². The van der Waals surface area contributed by atoms with Gasteiger partial charge in [0.2, 0.25) is 5.91 Å². The average Bonchev–Trinajstić information content (AvgIpc) is 3.61. The Bertz CT molecular complexity index is 1820. The number of anilines is 2. The number of halogens is 1. The first kappa shape index (κ1) is 24.8. The van der Waals surface area contributed by atoms with Crippen molar-refractivity contribution in [3.8, 4) is 6.07 Å². The number of amides is 1. The van der Waals surface area contributed by atoms with Gasteiger partial charge in [-0.3, -0.25) is 14.5 Å². The molecule has 0 bridgehead atoms. The highest BCUT2D eigenvalue weighted by Gasteiger charge is 2.62. The number of allylic oxidation sites excluding steroid dienone is 1. The standard InChI is InChI=1S/C34H25FN4O2/c35-27-15-6-4-11-23(27)22-38-28-16-7-5-14-25(28)34(33(38)41)26(21-36)32(37-19-8-9-20-37)39(24-12-2-1-3-13-24)29-17-10-18-30(40)31(29)34/h1-9,11-16,19-20H,10,17-18,22H2/t34-/m0/s1. The number of fused-ring (bicyclic) bond motifs is 3. The summed E-state index contributed by atoms with van der Waals surface area (Å²) in [5, 5.41) is 11.0. The van der Waals surface area contributed by atoms with Gasteiger partial charge in [-0.25, -0.2) is 4.39 Å². The van der Waals surface area contributed by atoms with Crippen molar-refractivity contribution in [2.75, 3.05) is 9.80 Å². The number of nitriles is 1. The Balaban J connectivity index is 1.57. The molecule has 0 N–H and O–H groups in total. The maximum absolute atomic E-state index is 15.0. The van der Waals surface area contributed by atoms with Crippen LogP contribution in [-0.4, -0.2) is 16.3 Å². The molecular weight excluding hydrogens is 515 g/mol. The SMILES string of the molecule is N#CC1=C(n2cccc2)N(c2ccccc2)C2=C(C(=O)CCC2)[C@@]12C(=O)N(Cc1ccccc1F)c1ccccc12. The summed E-state index contributed by atoms with van der Waals surface area (Å²) < 4.78 is 16.7. The van der Waals surface area contributed by atoms with E-state index in [1.54, 1.807) is 18.2 Å². The van der Waals surface area contributed by atoms with Crippen molar-refractivity contribution in [2.24, 2.45) is 0 Å². The third kappa shape index (κ3) is 3.47. The molecule has 0 saturated heterocycles. The third-order valence-corrected chi connectivity index (χ3v) is 8.27. The lowest BCUT2D eigenvalue weighted by atomic mass is 9.63. The maximum atomic E-state index is 15.0. The first-order valence-electron chi connectivity index (χ1n) is 13.6. The van der Waals surface area contributed by atoms with Gasteiger partial charge >= 0.3 is 0 Å². The highest BCUT2D eigenvalue weighted by atomic mass is 19.1. The average molecular weight is 541 g/mol. The lowest BCUT2D eigenvalue weighted by Gasteiger charge is -2.45. The fourth-order valence-corrected chi connectivity index (χ4v) is 6.61. The monoisotopic (exact) mass is 540 g/mol. The van der Waals surface area contributed by atoms with Gasteiger partial charge in [-0.2, -0.15) is 5.26 Å². The highest BCUT2D eigenvalue weighted by Crippen LogP contribution is 2.58. The molecule has 7 heteroatoms. The van der Waals surface area contributed by atoms with Crippen LogP contribution >= 0.6 is 0 Å². The molecule has 1 aromatic heterocycles. The molecule has 0 radical (unpaired) electrons. The van der Waals surface area contributed by atoms with Gasteiger partial charge in [0, 0.05) is 52.6 Å². The van der Waals surface area contributed by atoms with Gasteiger partial charge in [0.25, 0.3) is 0 Å². The van der Waals surface area contributed by atoms with E-state index in [0.29, 0.717) is 46.7 Å². The van der Waals surface area contributed by atoms with Crippen LogP contribution in [0.4, 0.5) is 15.8 Å². The maximum Gasteiger partial charge on any atom is 0.248 e.